The van der Waals surface area contributed by atoms with Crippen LogP contribution in [-0.4, -0.2) is 0 Å². The number of nitrogen functional groups attached to an aromatic ring is 1. The van der Waals surface area contributed by atoms with Crippen molar-refractivity contribution in [2.75, 3.05) is 5.73 Å². The van der Waals surface area contributed by atoms with E-state index >= 15 is 0 Å². The van der Waals surface area contributed by atoms with Gasteiger partial charge in [-0.1, -0.05) is 42.0 Å². The zero-order chi connectivity index (χ0) is 9.97. The number of para-hydroxylation sites is 1. The molecule has 14 heavy (non-hydrogen) atoms. The average Bonchev–Trinajstić information content (AvgIpc) is 2.20. The van der Waals surface area contributed by atoms with E-state index in [1.165, 1.54) is 11.1 Å². The number of benzene rings is 1. The smallest absolute Gasteiger partial charge is 0.0352 e. The molecule has 0 saturated carbocycles. The third-order valence-electron chi connectivity index (χ3n) is 2.79. The molecule has 72 valence electrons. The first-order chi connectivity index (χ1) is 6.79. The van der Waals surface area contributed by atoms with E-state index in [1.807, 2.05) is 12.1 Å². The lowest BCUT2D eigenvalue weighted by Gasteiger charge is -2.20. The van der Waals surface area contributed by atoms with E-state index in [-0.39, 0.29) is 0 Å². The number of anilines is 1. The van der Waals surface area contributed by atoms with E-state index in [1.54, 1.807) is 0 Å². The molecule has 0 amide bonds. The van der Waals surface area contributed by atoms with Gasteiger partial charge in [0.1, 0.15) is 0 Å². The molecule has 1 aromatic carbocycles. The van der Waals surface area contributed by atoms with Gasteiger partial charge in [-0.25, -0.2) is 0 Å². The van der Waals surface area contributed by atoms with Crippen LogP contribution in [0.3, 0.4) is 0 Å². The predicted molar refractivity (Wildman–Crippen MR) is 61.1 cm³/mol. The Bertz CT molecular complexity index is 388. The highest BCUT2D eigenvalue weighted by molar-refractivity contribution is 5.51. The molecule has 0 bridgehead atoms. The van der Waals surface area contributed by atoms with Gasteiger partial charge in [-0.3, -0.25) is 0 Å². The number of hydrogen-bond acceptors (Lipinski definition) is 1. The molecule has 0 aliphatic heterocycles. The molecule has 2 N–H and O–H groups in total. The summed E-state index contributed by atoms with van der Waals surface area (Å²) in [5, 5.41) is 0. The van der Waals surface area contributed by atoms with Crippen molar-refractivity contribution >= 4 is 5.69 Å². The fourth-order valence-electron chi connectivity index (χ4n) is 1.94. The van der Waals surface area contributed by atoms with E-state index in [0.717, 1.165) is 12.1 Å². The highest BCUT2D eigenvalue weighted by atomic mass is 14.6. The summed E-state index contributed by atoms with van der Waals surface area (Å²) in [7, 11) is 0. The third-order valence-corrected chi connectivity index (χ3v) is 2.79. The largest absolute Gasteiger partial charge is 0.398 e. The van der Waals surface area contributed by atoms with Crippen molar-refractivity contribution in [3.05, 3.63) is 53.6 Å². The summed E-state index contributed by atoms with van der Waals surface area (Å²) in [4.78, 5) is 0. The Balaban J connectivity index is 2.37. The first-order valence-electron chi connectivity index (χ1n) is 4.97. The molecule has 0 radical (unpaired) electrons. The first-order valence-corrected chi connectivity index (χ1v) is 4.97. The van der Waals surface area contributed by atoms with Gasteiger partial charge in [0.05, 0.1) is 0 Å². The van der Waals surface area contributed by atoms with Crippen LogP contribution in [-0.2, 0) is 0 Å². The van der Waals surface area contributed by atoms with Gasteiger partial charge >= 0.3 is 0 Å². The molecule has 1 nitrogen and oxygen atoms in total. The van der Waals surface area contributed by atoms with Crippen molar-refractivity contribution in [1.29, 1.82) is 0 Å². The normalized spacial score (nSPS) is 20.6. The van der Waals surface area contributed by atoms with Gasteiger partial charge in [-0.15, -0.1) is 0 Å². The molecule has 1 heteroatoms. The number of allylic oxidation sites excluding steroid dienone is 4. The molecule has 0 heterocycles. The minimum Gasteiger partial charge on any atom is -0.398 e. The summed E-state index contributed by atoms with van der Waals surface area (Å²) in [6, 6.07) is 8.13. The maximum Gasteiger partial charge on any atom is 0.0352 e. The molecule has 1 aliphatic rings. The fourth-order valence-corrected chi connectivity index (χ4v) is 1.94. The summed E-state index contributed by atoms with van der Waals surface area (Å²) < 4.78 is 0. The highest BCUT2D eigenvalue weighted by Crippen LogP contribution is 2.33. The van der Waals surface area contributed by atoms with Crippen molar-refractivity contribution in [3.63, 3.8) is 0 Å². The summed E-state index contributed by atoms with van der Waals surface area (Å²) in [5.74, 6) is 0.473. The molecular weight excluding hydrogens is 170 g/mol. The van der Waals surface area contributed by atoms with Crippen LogP contribution in [0, 0.1) is 0 Å². The number of rotatable bonds is 1. The van der Waals surface area contributed by atoms with Crippen molar-refractivity contribution in [1.82, 2.24) is 0 Å². The second-order valence-corrected chi connectivity index (χ2v) is 3.76. The molecule has 2 rings (SSSR count). The van der Waals surface area contributed by atoms with Gasteiger partial charge in [0, 0.05) is 11.6 Å². The summed E-state index contributed by atoms with van der Waals surface area (Å²) in [6.07, 6.45) is 7.55. The van der Waals surface area contributed by atoms with Crippen LogP contribution in [0.2, 0.25) is 0 Å². The van der Waals surface area contributed by atoms with Gasteiger partial charge in [0.15, 0.2) is 0 Å². The summed E-state index contributed by atoms with van der Waals surface area (Å²) >= 11 is 0. The lowest BCUT2D eigenvalue weighted by molar-refractivity contribution is 0.800. The summed E-state index contributed by atoms with van der Waals surface area (Å²) in [6.45, 7) is 2.17. The SMILES string of the molecule is CC1=CC=CCC1c1ccccc1N. The van der Waals surface area contributed by atoms with Crippen LogP contribution >= 0.6 is 0 Å². The zero-order valence-electron chi connectivity index (χ0n) is 8.40. The van der Waals surface area contributed by atoms with Gasteiger partial charge in [0.25, 0.3) is 0 Å². The molecule has 1 atom stereocenters. The Morgan fingerprint density at radius 2 is 2.07 bits per heavy atom. The third kappa shape index (κ3) is 1.58. The highest BCUT2D eigenvalue weighted by Gasteiger charge is 2.15. The van der Waals surface area contributed by atoms with Crippen molar-refractivity contribution in [2.45, 2.75) is 19.3 Å². The molecule has 0 fully saturated rings. The van der Waals surface area contributed by atoms with Gasteiger partial charge in [-0.05, 0) is 25.0 Å². The van der Waals surface area contributed by atoms with Crippen molar-refractivity contribution in [2.24, 2.45) is 0 Å². The minimum atomic E-state index is 0.473. The van der Waals surface area contributed by atoms with Gasteiger partial charge in [-0.2, -0.15) is 0 Å². The fraction of sp³-hybridized carbons (Fsp3) is 0.231. The predicted octanol–water partition coefficient (Wildman–Crippen LogP) is 3.26. The Kier molecular flexibility index (Phi) is 2.40. The van der Waals surface area contributed by atoms with Crippen LogP contribution in [0.1, 0.15) is 24.8 Å². The molecule has 1 aromatic rings. The molecule has 0 saturated heterocycles. The van der Waals surface area contributed by atoms with Crippen molar-refractivity contribution in [3.8, 4) is 0 Å². The van der Waals surface area contributed by atoms with Crippen molar-refractivity contribution < 1.29 is 0 Å². The quantitative estimate of drug-likeness (QED) is 0.668. The molecule has 1 unspecified atom stereocenters. The van der Waals surface area contributed by atoms with Crippen LogP contribution in [0.25, 0.3) is 0 Å². The second-order valence-electron chi connectivity index (χ2n) is 3.76. The molecular formula is C13H15N. The average molecular weight is 185 g/mol. The standard InChI is InChI=1S/C13H15N/c1-10-6-2-3-7-11(10)12-8-4-5-9-13(12)14/h2-6,8-9,11H,7,14H2,1H3. The topological polar surface area (TPSA) is 26.0 Å². The summed E-state index contributed by atoms with van der Waals surface area (Å²) in [5.41, 5.74) is 9.51. The lowest BCUT2D eigenvalue weighted by Crippen LogP contribution is -2.05. The maximum absolute atomic E-state index is 5.96. The van der Waals surface area contributed by atoms with Crippen LogP contribution in [0.15, 0.2) is 48.1 Å². The molecule has 0 aromatic heterocycles. The first kappa shape index (κ1) is 9.07. The number of hydrogen-bond donors (Lipinski definition) is 1. The monoisotopic (exact) mass is 185 g/mol. The molecule has 1 aliphatic carbocycles. The van der Waals surface area contributed by atoms with E-state index in [0.29, 0.717) is 5.92 Å². The van der Waals surface area contributed by atoms with E-state index < -0.39 is 0 Å². The van der Waals surface area contributed by atoms with E-state index in [9.17, 15) is 0 Å². The van der Waals surface area contributed by atoms with Gasteiger partial charge in [0.2, 0.25) is 0 Å². The Morgan fingerprint density at radius 1 is 1.29 bits per heavy atom. The van der Waals surface area contributed by atoms with Crippen LogP contribution in [0.4, 0.5) is 5.69 Å². The Labute approximate surface area is 84.9 Å². The minimum absolute atomic E-state index is 0.473. The van der Waals surface area contributed by atoms with Crippen LogP contribution < -0.4 is 5.73 Å². The Morgan fingerprint density at radius 3 is 2.79 bits per heavy atom. The van der Waals surface area contributed by atoms with Crippen LogP contribution in [0.5, 0.6) is 0 Å². The zero-order valence-corrected chi connectivity index (χ0v) is 8.40. The van der Waals surface area contributed by atoms with E-state index in [4.69, 9.17) is 5.73 Å². The maximum atomic E-state index is 5.96. The molecule has 0 spiro atoms. The lowest BCUT2D eigenvalue weighted by atomic mass is 9.85. The Hall–Kier alpha value is -1.50. The number of nitrogens with two attached hydrogens (primary N) is 1. The van der Waals surface area contributed by atoms with Gasteiger partial charge < -0.3 is 5.73 Å². The van der Waals surface area contributed by atoms with E-state index in [2.05, 4.69) is 37.3 Å². The second kappa shape index (κ2) is 3.70.